The van der Waals surface area contributed by atoms with Crippen LogP contribution in [0.25, 0.3) is 0 Å². The van der Waals surface area contributed by atoms with Gasteiger partial charge in [-0.25, -0.2) is 4.98 Å². The molecule has 0 bridgehead atoms. The number of guanidine groups is 1. The van der Waals surface area contributed by atoms with E-state index in [1.807, 2.05) is 7.05 Å². The number of nitrogens with one attached hydrogen (secondary N) is 2. The average Bonchev–Trinajstić information content (AvgIpc) is 2.89. The molecule has 136 valence electrons. The first-order valence-corrected chi connectivity index (χ1v) is 9.52. The summed E-state index contributed by atoms with van der Waals surface area (Å²) in [7, 11) is 1.81. The highest BCUT2D eigenvalue weighted by Crippen LogP contribution is 2.16. The largest absolute Gasteiger partial charge is 0.379 e. The van der Waals surface area contributed by atoms with Gasteiger partial charge in [-0.05, 0) is 19.8 Å². The van der Waals surface area contributed by atoms with Crippen LogP contribution >= 0.6 is 11.3 Å². The molecule has 0 saturated carbocycles. The summed E-state index contributed by atoms with van der Waals surface area (Å²) >= 11 is 1.74. The molecule has 2 rings (SSSR count). The Labute approximate surface area is 149 Å². The van der Waals surface area contributed by atoms with Crippen molar-refractivity contribution in [1.82, 2.24) is 20.5 Å². The Morgan fingerprint density at radius 1 is 1.29 bits per heavy atom. The molecule has 0 amide bonds. The molecule has 1 aliphatic heterocycles. The van der Waals surface area contributed by atoms with Gasteiger partial charge in [-0.3, -0.25) is 9.89 Å². The third-order valence-electron chi connectivity index (χ3n) is 4.47. The maximum atomic E-state index is 5.47. The molecule has 1 saturated heterocycles. The first-order valence-electron chi connectivity index (χ1n) is 8.70. The van der Waals surface area contributed by atoms with Crippen molar-refractivity contribution >= 4 is 17.3 Å². The second kappa shape index (κ2) is 9.34. The normalized spacial score (nSPS) is 18.0. The Hall–Kier alpha value is -1.18. The molecule has 7 heteroatoms. The monoisotopic (exact) mass is 353 g/mol. The van der Waals surface area contributed by atoms with Gasteiger partial charge in [0.15, 0.2) is 5.96 Å². The van der Waals surface area contributed by atoms with Crippen molar-refractivity contribution < 1.29 is 4.74 Å². The van der Waals surface area contributed by atoms with Crippen LogP contribution in [-0.2, 0) is 11.3 Å². The fourth-order valence-corrected chi connectivity index (χ4v) is 3.77. The quantitative estimate of drug-likeness (QED) is 0.603. The van der Waals surface area contributed by atoms with Crippen molar-refractivity contribution in [1.29, 1.82) is 0 Å². The fraction of sp³-hybridized carbons (Fsp3) is 0.765. The van der Waals surface area contributed by atoms with Crippen molar-refractivity contribution in [2.24, 2.45) is 10.9 Å². The average molecular weight is 354 g/mol. The van der Waals surface area contributed by atoms with Gasteiger partial charge in [0.25, 0.3) is 0 Å². The first kappa shape index (κ1) is 19.1. The van der Waals surface area contributed by atoms with Crippen molar-refractivity contribution in [2.75, 3.05) is 39.9 Å². The second-order valence-corrected chi connectivity index (χ2v) is 7.80. The van der Waals surface area contributed by atoms with Crippen molar-refractivity contribution in [3.8, 4) is 0 Å². The van der Waals surface area contributed by atoms with Crippen LogP contribution in [0.3, 0.4) is 0 Å². The maximum absolute atomic E-state index is 5.47. The predicted octanol–water partition coefficient (Wildman–Crippen LogP) is 1.78. The number of hydrogen-bond donors (Lipinski definition) is 2. The molecule has 0 radical (unpaired) electrons. The highest BCUT2D eigenvalue weighted by molar-refractivity contribution is 7.11. The smallest absolute Gasteiger partial charge is 0.191 e. The van der Waals surface area contributed by atoms with Gasteiger partial charge in [0.05, 0.1) is 25.5 Å². The number of rotatable bonds is 6. The molecule has 6 nitrogen and oxygen atoms in total. The minimum Gasteiger partial charge on any atom is -0.379 e. The fourth-order valence-electron chi connectivity index (χ4n) is 2.89. The third-order valence-corrected chi connectivity index (χ3v) is 5.54. The molecule has 1 aromatic heterocycles. The number of aliphatic imine (C=N–C) groups is 1. The molecule has 0 aromatic carbocycles. The Balaban J connectivity index is 1.84. The molecule has 1 fully saturated rings. The Kier molecular flexibility index (Phi) is 7.45. The highest BCUT2D eigenvalue weighted by Gasteiger charge is 2.23. The summed E-state index contributed by atoms with van der Waals surface area (Å²) in [6.07, 6.45) is 0. The van der Waals surface area contributed by atoms with Crippen LogP contribution in [0, 0.1) is 19.8 Å². The third kappa shape index (κ3) is 5.43. The molecular weight excluding hydrogens is 322 g/mol. The minimum absolute atomic E-state index is 0.483. The zero-order valence-corrected chi connectivity index (χ0v) is 16.4. The zero-order chi connectivity index (χ0) is 17.5. The Morgan fingerprint density at radius 3 is 2.54 bits per heavy atom. The number of ether oxygens (including phenoxy) is 1. The van der Waals surface area contributed by atoms with Gasteiger partial charge in [-0.15, -0.1) is 11.3 Å². The van der Waals surface area contributed by atoms with Crippen LogP contribution in [0.15, 0.2) is 4.99 Å². The van der Waals surface area contributed by atoms with Crippen LogP contribution in [0.4, 0.5) is 0 Å². The molecule has 0 aliphatic carbocycles. The lowest BCUT2D eigenvalue weighted by molar-refractivity contribution is 0.00752. The number of aromatic nitrogens is 1. The lowest BCUT2D eigenvalue weighted by Crippen LogP contribution is -2.52. The molecule has 1 unspecified atom stereocenters. The summed E-state index contributed by atoms with van der Waals surface area (Å²) in [5, 5.41) is 7.94. The van der Waals surface area contributed by atoms with Crippen LogP contribution in [0.1, 0.15) is 29.4 Å². The van der Waals surface area contributed by atoms with E-state index in [1.165, 1.54) is 4.88 Å². The lowest BCUT2D eigenvalue weighted by atomic mass is 10.0. The summed E-state index contributed by atoms with van der Waals surface area (Å²) in [6.45, 7) is 14.0. The predicted molar refractivity (Wildman–Crippen MR) is 101 cm³/mol. The van der Waals surface area contributed by atoms with E-state index in [2.05, 4.69) is 53.2 Å². The van der Waals surface area contributed by atoms with Crippen LogP contribution in [0.2, 0.25) is 0 Å². The maximum Gasteiger partial charge on any atom is 0.191 e. The van der Waals surface area contributed by atoms with Crippen molar-refractivity contribution in [3.05, 3.63) is 15.6 Å². The van der Waals surface area contributed by atoms with Gasteiger partial charge in [0.1, 0.15) is 5.01 Å². The van der Waals surface area contributed by atoms with Gasteiger partial charge in [0, 0.05) is 37.6 Å². The Bertz CT molecular complexity index is 518. The number of thiazole rings is 1. The summed E-state index contributed by atoms with van der Waals surface area (Å²) in [4.78, 5) is 12.7. The van der Waals surface area contributed by atoms with E-state index in [0.29, 0.717) is 18.5 Å². The molecule has 1 aromatic rings. The SMILES string of the molecule is CN=C(NCc1nc(C)c(C)s1)NCC(C(C)C)N1CCOCC1. The topological polar surface area (TPSA) is 61.8 Å². The molecule has 2 heterocycles. The number of morpholine rings is 1. The number of aryl methyl sites for hydroxylation is 2. The lowest BCUT2D eigenvalue weighted by Gasteiger charge is -2.37. The molecule has 1 aliphatic rings. The molecule has 0 spiro atoms. The molecule has 24 heavy (non-hydrogen) atoms. The minimum atomic E-state index is 0.483. The van der Waals surface area contributed by atoms with E-state index < -0.39 is 0 Å². The van der Waals surface area contributed by atoms with Crippen LogP contribution in [0.5, 0.6) is 0 Å². The first-order chi connectivity index (χ1) is 11.5. The molecular formula is C17H31N5OS. The van der Waals surface area contributed by atoms with Crippen LogP contribution < -0.4 is 10.6 Å². The van der Waals surface area contributed by atoms with Crippen LogP contribution in [-0.4, -0.2) is 61.8 Å². The van der Waals surface area contributed by atoms with Gasteiger partial charge < -0.3 is 15.4 Å². The van der Waals surface area contributed by atoms with E-state index in [1.54, 1.807) is 11.3 Å². The van der Waals surface area contributed by atoms with Gasteiger partial charge >= 0.3 is 0 Å². The van der Waals surface area contributed by atoms with Crippen molar-refractivity contribution in [2.45, 2.75) is 40.3 Å². The Morgan fingerprint density at radius 2 is 2.00 bits per heavy atom. The van der Waals surface area contributed by atoms with E-state index in [0.717, 1.165) is 49.5 Å². The zero-order valence-electron chi connectivity index (χ0n) is 15.6. The molecule has 1 atom stereocenters. The molecule has 2 N–H and O–H groups in total. The van der Waals surface area contributed by atoms with E-state index in [4.69, 9.17) is 4.74 Å². The summed E-state index contributed by atoms with van der Waals surface area (Å²) in [5.74, 6) is 1.41. The van der Waals surface area contributed by atoms with Crippen molar-refractivity contribution in [3.63, 3.8) is 0 Å². The second-order valence-electron chi connectivity index (χ2n) is 6.52. The van der Waals surface area contributed by atoms with E-state index in [9.17, 15) is 0 Å². The van der Waals surface area contributed by atoms with E-state index >= 15 is 0 Å². The number of hydrogen-bond acceptors (Lipinski definition) is 5. The summed E-state index contributed by atoms with van der Waals surface area (Å²) < 4.78 is 5.47. The standard InChI is InChI=1S/C17H31N5OS/c1-12(2)15(22-6-8-23-9-7-22)10-19-17(18-5)20-11-16-21-13(3)14(4)24-16/h12,15H,6-11H2,1-5H3,(H2,18,19,20). The summed E-state index contributed by atoms with van der Waals surface area (Å²) in [5.41, 5.74) is 1.12. The van der Waals surface area contributed by atoms with E-state index in [-0.39, 0.29) is 0 Å². The summed E-state index contributed by atoms with van der Waals surface area (Å²) in [6, 6.07) is 0.483. The van der Waals surface area contributed by atoms with Gasteiger partial charge in [0.2, 0.25) is 0 Å². The van der Waals surface area contributed by atoms with Gasteiger partial charge in [-0.2, -0.15) is 0 Å². The number of nitrogens with zero attached hydrogens (tertiary/aromatic N) is 3. The van der Waals surface area contributed by atoms with Gasteiger partial charge in [-0.1, -0.05) is 13.8 Å². The highest BCUT2D eigenvalue weighted by atomic mass is 32.1.